The Kier molecular flexibility index (Phi) is 5.78. The van der Waals surface area contributed by atoms with Crippen LogP contribution in [0.3, 0.4) is 0 Å². The van der Waals surface area contributed by atoms with Crippen LogP contribution in [-0.4, -0.2) is 5.75 Å². The maximum absolute atomic E-state index is 8.83. The first-order valence-electron chi connectivity index (χ1n) is 8.47. The second-order valence-corrected chi connectivity index (χ2v) is 7.03. The minimum absolute atomic E-state index is 0.656. The second kappa shape index (κ2) is 8.43. The molecule has 1 nitrogen and oxygen atoms in total. The average molecular weight is 341 g/mol. The van der Waals surface area contributed by atoms with E-state index in [9.17, 15) is 0 Å². The Hall–Kier alpha value is -2.68. The molecule has 0 aliphatic heterocycles. The molecule has 0 saturated carbocycles. The molecule has 0 radical (unpaired) electrons. The van der Waals surface area contributed by atoms with Crippen LogP contribution < -0.4 is 0 Å². The summed E-state index contributed by atoms with van der Waals surface area (Å²) in [6, 6.07) is 22.4. The number of thioether (sulfide) groups is 1. The van der Waals surface area contributed by atoms with E-state index in [1.54, 1.807) is 12.1 Å². The Bertz CT molecular complexity index is 969. The van der Waals surface area contributed by atoms with Gasteiger partial charge in [0.2, 0.25) is 0 Å². The molecule has 0 spiro atoms. The predicted molar refractivity (Wildman–Crippen MR) is 107 cm³/mol. The number of hydrogen-bond donors (Lipinski definition) is 0. The number of hydrogen-bond acceptors (Lipinski definition) is 2. The van der Waals surface area contributed by atoms with Crippen molar-refractivity contribution in [3.8, 4) is 17.9 Å². The molecule has 0 aromatic heterocycles. The van der Waals surface area contributed by atoms with Gasteiger partial charge in [0.15, 0.2) is 0 Å². The van der Waals surface area contributed by atoms with Crippen molar-refractivity contribution in [1.29, 1.82) is 5.26 Å². The Balaban J connectivity index is 1.78. The van der Waals surface area contributed by atoms with Gasteiger partial charge in [-0.05, 0) is 71.5 Å². The molecule has 0 atom stereocenters. The fourth-order valence-corrected chi connectivity index (χ4v) is 3.54. The standard InChI is InChI=1S/C23H19NS/c1-2-3-14-25-23-13-12-21-15-19(10-11-22(21)16-23)7-4-18-5-8-20(17-24)9-6-18/h5-6,8-13,15-16H,2-3,14H2,1H3. The lowest BCUT2D eigenvalue weighted by molar-refractivity contribution is 0.896. The zero-order valence-electron chi connectivity index (χ0n) is 14.3. The molecule has 0 unspecified atom stereocenters. The zero-order chi connectivity index (χ0) is 17.5. The van der Waals surface area contributed by atoms with Crippen molar-refractivity contribution in [1.82, 2.24) is 0 Å². The first-order chi connectivity index (χ1) is 12.3. The van der Waals surface area contributed by atoms with E-state index in [-0.39, 0.29) is 0 Å². The summed E-state index contributed by atoms with van der Waals surface area (Å²) < 4.78 is 0. The first-order valence-corrected chi connectivity index (χ1v) is 9.46. The van der Waals surface area contributed by atoms with Gasteiger partial charge in [-0.1, -0.05) is 37.3 Å². The minimum atomic E-state index is 0.656. The molecule has 3 aromatic carbocycles. The minimum Gasteiger partial charge on any atom is -0.192 e. The third-order valence-electron chi connectivity index (χ3n) is 3.94. The van der Waals surface area contributed by atoms with Crippen LogP contribution >= 0.6 is 11.8 Å². The van der Waals surface area contributed by atoms with E-state index in [4.69, 9.17) is 5.26 Å². The first kappa shape index (κ1) is 17.2. The molecule has 2 heteroatoms. The fourth-order valence-electron chi connectivity index (χ4n) is 2.50. The fraction of sp³-hybridized carbons (Fsp3) is 0.174. The van der Waals surface area contributed by atoms with Crippen LogP contribution in [0, 0.1) is 23.2 Å². The highest BCUT2D eigenvalue weighted by Gasteiger charge is 1.99. The molecule has 3 aromatic rings. The third-order valence-corrected chi connectivity index (χ3v) is 5.02. The highest BCUT2D eigenvalue weighted by atomic mass is 32.2. The lowest BCUT2D eigenvalue weighted by atomic mass is 10.1. The van der Waals surface area contributed by atoms with Crippen molar-refractivity contribution in [2.75, 3.05) is 5.75 Å². The summed E-state index contributed by atoms with van der Waals surface area (Å²) in [5, 5.41) is 11.3. The monoisotopic (exact) mass is 341 g/mol. The molecule has 0 bridgehead atoms. The van der Waals surface area contributed by atoms with Gasteiger partial charge in [0.25, 0.3) is 0 Å². The maximum atomic E-state index is 8.83. The zero-order valence-corrected chi connectivity index (χ0v) is 15.1. The van der Waals surface area contributed by atoms with Gasteiger partial charge >= 0.3 is 0 Å². The van der Waals surface area contributed by atoms with Crippen molar-refractivity contribution in [3.05, 3.63) is 77.4 Å². The molecule has 0 fully saturated rings. The van der Waals surface area contributed by atoms with E-state index in [0.29, 0.717) is 5.56 Å². The van der Waals surface area contributed by atoms with Crippen LogP contribution in [0.5, 0.6) is 0 Å². The quantitative estimate of drug-likeness (QED) is 0.330. The van der Waals surface area contributed by atoms with E-state index in [1.807, 2.05) is 23.9 Å². The summed E-state index contributed by atoms with van der Waals surface area (Å²) in [4.78, 5) is 1.33. The van der Waals surface area contributed by atoms with Crippen LogP contribution in [0.2, 0.25) is 0 Å². The summed E-state index contributed by atoms with van der Waals surface area (Å²) in [6.07, 6.45) is 2.49. The number of fused-ring (bicyclic) bond motifs is 1. The Morgan fingerprint density at radius 2 is 1.44 bits per heavy atom. The molecule has 3 rings (SSSR count). The summed E-state index contributed by atoms with van der Waals surface area (Å²) in [7, 11) is 0. The predicted octanol–water partition coefficient (Wildman–Crippen LogP) is 6.00. The summed E-state index contributed by atoms with van der Waals surface area (Å²) >= 11 is 1.92. The summed E-state index contributed by atoms with van der Waals surface area (Å²) in [6.45, 7) is 2.22. The Labute approximate surface area is 153 Å². The Morgan fingerprint density at radius 1 is 0.800 bits per heavy atom. The van der Waals surface area contributed by atoms with Crippen LogP contribution in [0.15, 0.2) is 65.6 Å². The van der Waals surface area contributed by atoms with Crippen molar-refractivity contribution in [2.45, 2.75) is 24.7 Å². The number of nitriles is 1. The van der Waals surface area contributed by atoms with Gasteiger partial charge in [0.1, 0.15) is 0 Å². The molecule has 0 heterocycles. The van der Waals surface area contributed by atoms with Gasteiger partial charge < -0.3 is 0 Å². The largest absolute Gasteiger partial charge is 0.192 e. The molecule has 0 saturated heterocycles. The lowest BCUT2D eigenvalue weighted by Gasteiger charge is -2.04. The van der Waals surface area contributed by atoms with Crippen LogP contribution in [0.1, 0.15) is 36.5 Å². The van der Waals surface area contributed by atoms with E-state index in [1.165, 1.54) is 34.3 Å². The van der Waals surface area contributed by atoms with Gasteiger partial charge in [-0.15, -0.1) is 11.8 Å². The Morgan fingerprint density at radius 3 is 2.20 bits per heavy atom. The molecule has 122 valence electrons. The molecule has 25 heavy (non-hydrogen) atoms. The maximum Gasteiger partial charge on any atom is 0.0991 e. The van der Waals surface area contributed by atoms with Gasteiger partial charge in [-0.3, -0.25) is 0 Å². The summed E-state index contributed by atoms with van der Waals surface area (Å²) in [5.41, 5.74) is 2.58. The molecular weight excluding hydrogens is 322 g/mol. The molecule has 0 aliphatic carbocycles. The molecule has 0 N–H and O–H groups in total. The van der Waals surface area contributed by atoms with Crippen LogP contribution in [0.25, 0.3) is 10.8 Å². The smallest absolute Gasteiger partial charge is 0.0991 e. The molecule has 0 amide bonds. The number of nitrogens with zero attached hydrogens (tertiary/aromatic N) is 1. The van der Waals surface area contributed by atoms with Gasteiger partial charge in [-0.2, -0.15) is 5.26 Å². The van der Waals surface area contributed by atoms with Crippen LogP contribution in [-0.2, 0) is 0 Å². The van der Waals surface area contributed by atoms with E-state index >= 15 is 0 Å². The number of benzene rings is 3. The SMILES string of the molecule is CCCCSc1ccc2cc(C#Cc3ccc(C#N)cc3)ccc2c1. The van der Waals surface area contributed by atoms with Crippen molar-refractivity contribution in [2.24, 2.45) is 0 Å². The average Bonchev–Trinajstić information content (AvgIpc) is 2.67. The van der Waals surface area contributed by atoms with Gasteiger partial charge in [0, 0.05) is 16.0 Å². The second-order valence-electron chi connectivity index (χ2n) is 5.86. The lowest BCUT2D eigenvalue weighted by Crippen LogP contribution is -1.81. The van der Waals surface area contributed by atoms with Crippen molar-refractivity contribution >= 4 is 22.5 Å². The third kappa shape index (κ3) is 4.66. The van der Waals surface area contributed by atoms with E-state index in [0.717, 1.165) is 11.1 Å². The van der Waals surface area contributed by atoms with Crippen LogP contribution in [0.4, 0.5) is 0 Å². The normalized spacial score (nSPS) is 10.1. The topological polar surface area (TPSA) is 23.8 Å². The molecular formula is C23H19NS. The van der Waals surface area contributed by atoms with Crippen molar-refractivity contribution in [3.63, 3.8) is 0 Å². The van der Waals surface area contributed by atoms with Gasteiger partial charge in [-0.25, -0.2) is 0 Å². The highest BCUT2D eigenvalue weighted by Crippen LogP contribution is 2.25. The van der Waals surface area contributed by atoms with E-state index in [2.05, 4.69) is 61.2 Å². The van der Waals surface area contributed by atoms with E-state index < -0.39 is 0 Å². The van der Waals surface area contributed by atoms with Crippen molar-refractivity contribution < 1.29 is 0 Å². The highest BCUT2D eigenvalue weighted by molar-refractivity contribution is 7.99. The number of unbranched alkanes of at least 4 members (excludes halogenated alkanes) is 1. The molecule has 0 aliphatic rings. The number of rotatable bonds is 4. The van der Waals surface area contributed by atoms with Gasteiger partial charge in [0.05, 0.1) is 11.6 Å². The summed E-state index contributed by atoms with van der Waals surface area (Å²) in [5.74, 6) is 7.54.